The third-order valence-corrected chi connectivity index (χ3v) is 5.63. The van der Waals surface area contributed by atoms with Gasteiger partial charge in [-0.25, -0.2) is 4.79 Å². The van der Waals surface area contributed by atoms with Crippen LogP contribution in [0.1, 0.15) is 40.4 Å². The van der Waals surface area contributed by atoms with Gasteiger partial charge in [0, 0.05) is 30.7 Å². The molecule has 28 heavy (non-hydrogen) atoms. The maximum atomic E-state index is 13.3. The normalized spacial score (nSPS) is 16.4. The Morgan fingerprint density at radius 2 is 1.82 bits per heavy atom. The van der Waals surface area contributed by atoms with Gasteiger partial charge in [0.05, 0.1) is 6.04 Å². The van der Waals surface area contributed by atoms with Crippen molar-refractivity contribution in [3.05, 3.63) is 88.7 Å². The van der Waals surface area contributed by atoms with Crippen LogP contribution in [-0.2, 0) is 6.54 Å². The Hall–Kier alpha value is -3.01. The predicted molar refractivity (Wildman–Crippen MR) is 114 cm³/mol. The molecule has 3 aromatic rings. The molecule has 0 spiro atoms. The minimum Gasteiger partial charge on any atom is -0.349 e. The number of nitrogens with one attached hydrogen (secondary N) is 1. The van der Waals surface area contributed by atoms with Crippen LogP contribution < -0.4 is 5.32 Å². The van der Waals surface area contributed by atoms with E-state index in [-0.39, 0.29) is 12.1 Å². The summed E-state index contributed by atoms with van der Waals surface area (Å²) in [6.45, 7) is 7.89. The van der Waals surface area contributed by atoms with Gasteiger partial charge >= 0.3 is 6.03 Å². The lowest BCUT2D eigenvalue weighted by Gasteiger charge is -2.31. The van der Waals surface area contributed by atoms with Crippen LogP contribution in [0.15, 0.2) is 60.8 Å². The monoisotopic (exact) mass is 373 g/mol. The first-order valence-electron chi connectivity index (χ1n) is 9.89. The van der Waals surface area contributed by atoms with Crippen molar-refractivity contribution in [2.45, 2.75) is 39.8 Å². The van der Waals surface area contributed by atoms with Crippen molar-refractivity contribution in [1.29, 1.82) is 0 Å². The van der Waals surface area contributed by atoms with E-state index >= 15 is 0 Å². The van der Waals surface area contributed by atoms with Crippen molar-refractivity contribution in [3.8, 4) is 0 Å². The molecule has 0 radical (unpaired) electrons. The molecule has 4 nitrogen and oxygen atoms in total. The van der Waals surface area contributed by atoms with Gasteiger partial charge in [-0.15, -0.1) is 0 Å². The molecule has 0 fully saturated rings. The highest BCUT2D eigenvalue weighted by Gasteiger charge is 2.30. The zero-order valence-corrected chi connectivity index (χ0v) is 16.8. The number of nitrogens with zero attached hydrogens (tertiary/aromatic N) is 2. The Balaban J connectivity index is 1.70. The second-order valence-electron chi connectivity index (χ2n) is 7.72. The number of benzene rings is 2. The molecule has 1 N–H and O–H groups in total. The van der Waals surface area contributed by atoms with Crippen molar-refractivity contribution >= 4 is 11.7 Å². The Morgan fingerprint density at radius 1 is 0.964 bits per heavy atom. The van der Waals surface area contributed by atoms with Gasteiger partial charge in [0.2, 0.25) is 0 Å². The fourth-order valence-electron chi connectivity index (χ4n) is 4.00. The first-order valence-corrected chi connectivity index (χ1v) is 9.89. The van der Waals surface area contributed by atoms with E-state index in [0.717, 1.165) is 30.8 Å². The van der Waals surface area contributed by atoms with E-state index in [9.17, 15) is 4.79 Å². The molecule has 0 saturated heterocycles. The Kier molecular flexibility index (Phi) is 4.95. The highest BCUT2D eigenvalue weighted by atomic mass is 16.2. The lowest BCUT2D eigenvalue weighted by atomic mass is 10.00. The second kappa shape index (κ2) is 7.55. The number of aryl methyl sites for hydroxylation is 4. The molecule has 1 aromatic heterocycles. The average molecular weight is 374 g/mol. The highest BCUT2D eigenvalue weighted by molar-refractivity contribution is 5.90. The van der Waals surface area contributed by atoms with Gasteiger partial charge in [-0.3, -0.25) is 0 Å². The summed E-state index contributed by atoms with van der Waals surface area (Å²) in [7, 11) is 0. The maximum absolute atomic E-state index is 13.3. The summed E-state index contributed by atoms with van der Waals surface area (Å²) in [6, 6.07) is 18.6. The fourth-order valence-corrected chi connectivity index (χ4v) is 4.00. The van der Waals surface area contributed by atoms with Crippen LogP contribution in [0.25, 0.3) is 0 Å². The summed E-state index contributed by atoms with van der Waals surface area (Å²) >= 11 is 0. The second-order valence-corrected chi connectivity index (χ2v) is 7.72. The van der Waals surface area contributed by atoms with Crippen LogP contribution in [0.3, 0.4) is 0 Å². The Morgan fingerprint density at radius 3 is 2.61 bits per heavy atom. The van der Waals surface area contributed by atoms with E-state index in [1.54, 1.807) is 0 Å². The van der Waals surface area contributed by atoms with E-state index in [1.807, 2.05) is 17.0 Å². The third-order valence-electron chi connectivity index (χ3n) is 5.63. The van der Waals surface area contributed by atoms with E-state index in [0.29, 0.717) is 0 Å². The van der Waals surface area contributed by atoms with Crippen LogP contribution in [0.5, 0.6) is 0 Å². The standard InChI is InChI=1S/C24H27N3O/c1-17-7-4-8-20(15-17)23-22-9-5-12-26(22)13-6-14-27(23)24(28)25-21-11-10-18(2)19(3)16-21/h4-5,7-12,15-16,23H,6,13-14H2,1-3H3,(H,25,28). The molecule has 4 heteroatoms. The van der Waals surface area contributed by atoms with Crippen LogP contribution in [0.4, 0.5) is 10.5 Å². The molecule has 0 bridgehead atoms. The Bertz CT molecular complexity index is 1000. The van der Waals surface area contributed by atoms with Crippen molar-refractivity contribution in [1.82, 2.24) is 9.47 Å². The number of fused-ring (bicyclic) bond motifs is 1. The highest BCUT2D eigenvalue weighted by Crippen LogP contribution is 2.33. The molecule has 1 atom stereocenters. The van der Waals surface area contributed by atoms with Gasteiger partial charge in [0.15, 0.2) is 0 Å². The van der Waals surface area contributed by atoms with Gasteiger partial charge in [0.25, 0.3) is 0 Å². The van der Waals surface area contributed by atoms with Gasteiger partial charge < -0.3 is 14.8 Å². The molecule has 0 aliphatic carbocycles. The van der Waals surface area contributed by atoms with Crippen molar-refractivity contribution in [3.63, 3.8) is 0 Å². The molecule has 2 amide bonds. The summed E-state index contributed by atoms with van der Waals surface area (Å²) in [4.78, 5) is 15.3. The van der Waals surface area contributed by atoms with E-state index < -0.39 is 0 Å². The van der Waals surface area contributed by atoms with Crippen LogP contribution in [0.2, 0.25) is 0 Å². The number of urea groups is 1. The number of amides is 2. The van der Waals surface area contributed by atoms with Gasteiger partial charge in [-0.2, -0.15) is 0 Å². The fraction of sp³-hybridized carbons (Fsp3) is 0.292. The molecule has 0 saturated carbocycles. The van der Waals surface area contributed by atoms with Crippen LogP contribution in [-0.4, -0.2) is 22.0 Å². The summed E-state index contributed by atoms with van der Waals surface area (Å²) in [5.74, 6) is 0. The molecule has 144 valence electrons. The smallest absolute Gasteiger partial charge is 0.322 e. The number of anilines is 1. The zero-order chi connectivity index (χ0) is 19.7. The largest absolute Gasteiger partial charge is 0.349 e. The van der Waals surface area contributed by atoms with Crippen molar-refractivity contribution in [2.75, 3.05) is 11.9 Å². The molecular formula is C24H27N3O. The Labute approximate surface area is 166 Å². The first kappa shape index (κ1) is 18.4. The van der Waals surface area contributed by atoms with E-state index in [1.165, 1.54) is 22.4 Å². The molecule has 1 aliphatic rings. The first-order chi connectivity index (χ1) is 13.5. The van der Waals surface area contributed by atoms with Crippen LogP contribution >= 0.6 is 0 Å². The van der Waals surface area contributed by atoms with E-state index in [2.05, 4.69) is 79.3 Å². The number of rotatable bonds is 2. The lowest BCUT2D eigenvalue weighted by Crippen LogP contribution is -2.38. The number of carbonyl (C=O) groups is 1. The molecule has 2 heterocycles. The maximum Gasteiger partial charge on any atom is 0.322 e. The SMILES string of the molecule is Cc1cccc(C2c3cccn3CCCN2C(=O)Nc2ccc(C)c(C)c2)c1. The quantitative estimate of drug-likeness (QED) is 0.638. The van der Waals surface area contributed by atoms with Crippen molar-refractivity contribution in [2.24, 2.45) is 0 Å². The summed E-state index contributed by atoms with van der Waals surface area (Å²) < 4.78 is 2.27. The van der Waals surface area contributed by atoms with Crippen molar-refractivity contribution < 1.29 is 4.79 Å². The van der Waals surface area contributed by atoms with E-state index in [4.69, 9.17) is 0 Å². The van der Waals surface area contributed by atoms with Gasteiger partial charge in [-0.1, -0.05) is 35.9 Å². The third kappa shape index (κ3) is 3.55. The molecule has 1 aliphatic heterocycles. The molecule has 4 rings (SSSR count). The average Bonchev–Trinajstić information content (AvgIpc) is 3.04. The summed E-state index contributed by atoms with van der Waals surface area (Å²) in [5, 5.41) is 3.12. The zero-order valence-electron chi connectivity index (χ0n) is 16.8. The predicted octanol–water partition coefficient (Wildman–Crippen LogP) is 5.44. The minimum atomic E-state index is -0.0936. The molecule has 1 unspecified atom stereocenters. The number of aromatic nitrogens is 1. The van der Waals surface area contributed by atoms with Crippen LogP contribution in [0, 0.1) is 20.8 Å². The minimum absolute atomic E-state index is 0.0515. The summed E-state index contributed by atoms with van der Waals surface area (Å²) in [5.41, 5.74) is 6.77. The van der Waals surface area contributed by atoms with Gasteiger partial charge in [-0.05, 0) is 68.1 Å². The number of hydrogen-bond acceptors (Lipinski definition) is 1. The molecule has 2 aromatic carbocycles. The topological polar surface area (TPSA) is 37.3 Å². The molecular weight excluding hydrogens is 346 g/mol. The number of carbonyl (C=O) groups excluding carboxylic acids is 1. The lowest BCUT2D eigenvalue weighted by molar-refractivity contribution is 0.199. The van der Waals surface area contributed by atoms with Gasteiger partial charge in [0.1, 0.15) is 0 Å². The number of hydrogen-bond donors (Lipinski definition) is 1. The summed E-state index contributed by atoms with van der Waals surface area (Å²) in [6.07, 6.45) is 3.05.